The molecule has 0 radical (unpaired) electrons. The molecule has 2 unspecified atom stereocenters. The van der Waals surface area contributed by atoms with Crippen LogP contribution in [0.3, 0.4) is 0 Å². The van der Waals surface area contributed by atoms with E-state index in [1.165, 1.54) is 64.2 Å². The summed E-state index contributed by atoms with van der Waals surface area (Å²) in [5.41, 5.74) is 0. The molecule has 0 heterocycles. The zero-order valence-electron chi connectivity index (χ0n) is 30.8. The molecular formula is C36H72FNO8P+. The summed E-state index contributed by atoms with van der Waals surface area (Å²) in [6, 6.07) is 0. The predicted octanol–water partition coefficient (Wildman–Crippen LogP) is 9.63. The summed E-state index contributed by atoms with van der Waals surface area (Å²) >= 11 is 0. The number of carbonyl (C=O) groups excluding carboxylic acids is 2. The topological polar surface area (TPSA) is 108 Å². The van der Waals surface area contributed by atoms with Gasteiger partial charge < -0.3 is 18.9 Å². The van der Waals surface area contributed by atoms with Gasteiger partial charge in [0, 0.05) is 12.8 Å². The van der Waals surface area contributed by atoms with E-state index in [0.717, 1.165) is 38.5 Å². The highest BCUT2D eigenvalue weighted by Gasteiger charge is 2.27. The third-order valence-corrected chi connectivity index (χ3v) is 9.16. The first-order valence-corrected chi connectivity index (χ1v) is 20.3. The highest BCUT2D eigenvalue weighted by molar-refractivity contribution is 7.47. The SMILES string of the molecule is CCCCCCCCCCCCCC(=O)OC[C@H](COP(=O)(O)OCC[N+](C)(C)C)OC(=O)CCCCCC(F)CCCCCCC. The lowest BCUT2D eigenvalue weighted by atomic mass is 10.0. The Kier molecular flexibility index (Phi) is 29.1. The van der Waals surface area contributed by atoms with Crippen LogP contribution >= 0.6 is 7.82 Å². The fourth-order valence-electron chi connectivity index (χ4n) is 5.12. The molecule has 0 amide bonds. The number of ether oxygens (including phenoxy) is 2. The van der Waals surface area contributed by atoms with Crippen molar-refractivity contribution in [1.29, 1.82) is 0 Å². The van der Waals surface area contributed by atoms with Gasteiger partial charge in [-0.05, 0) is 25.7 Å². The quantitative estimate of drug-likeness (QED) is 0.0307. The minimum atomic E-state index is -4.40. The molecule has 47 heavy (non-hydrogen) atoms. The van der Waals surface area contributed by atoms with Crippen molar-refractivity contribution >= 4 is 19.8 Å². The second-order valence-electron chi connectivity index (χ2n) is 14.1. The van der Waals surface area contributed by atoms with Crippen LogP contribution < -0.4 is 0 Å². The van der Waals surface area contributed by atoms with Gasteiger partial charge in [-0.15, -0.1) is 0 Å². The van der Waals surface area contributed by atoms with Crippen LogP contribution in [-0.2, 0) is 32.7 Å². The van der Waals surface area contributed by atoms with E-state index in [0.29, 0.717) is 43.1 Å². The van der Waals surface area contributed by atoms with Crippen LogP contribution in [0.15, 0.2) is 0 Å². The van der Waals surface area contributed by atoms with E-state index in [1.54, 1.807) is 0 Å². The number of rotatable bonds is 34. The molecule has 280 valence electrons. The Bertz CT molecular complexity index is 810. The van der Waals surface area contributed by atoms with Crippen LogP contribution in [0.1, 0.15) is 162 Å². The first kappa shape index (κ1) is 45.9. The highest BCUT2D eigenvalue weighted by atomic mass is 31.2. The molecule has 0 aliphatic heterocycles. The average Bonchev–Trinajstić information content (AvgIpc) is 3.00. The van der Waals surface area contributed by atoms with Gasteiger partial charge in [-0.25, -0.2) is 8.96 Å². The number of phosphoric ester groups is 1. The van der Waals surface area contributed by atoms with Crippen LogP contribution in [0.4, 0.5) is 4.39 Å². The number of alkyl halides is 1. The summed E-state index contributed by atoms with van der Waals surface area (Å²) < 4.78 is 48.1. The Balaban J connectivity index is 4.51. The Labute approximate surface area is 287 Å². The summed E-state index contributed by atoms with van der Waals surface area (Å²) in [4.78, 5) is 35.0. The predicted molar refractivity (Wildman–Crippen MR) is 188 cm³/mol. The van der Waals surface area contributed by atoms with Crippen molar-refractivity contribution in [2.75, 3.05) is 47.5 Å². The minimum Gasteiger partial charge on any atom is -0.462 e. The van der Waals surface area contributed by atoms with Gasteiger partial charge >= 0.3 is 19.8 Å². The molecule has 9 nitrogen and oxygen atoms in total. The maximum Gasteiger partial charge on any atom is 0.472 e. The van der Waals surface area contributed by atoms with Gasteiger partial charge in [-0.2, -0.15) is 0 Å². The summed E-state index contributed by atoms with van der Waals surface area (Å²) in [7, 11) is 1.39. The number of carbonyl (C=O) groups is 2. The third kappa shape index (κ3) is 33.2. The number of halogens is 1. The third-order valence-electron chi connectivity index (χ3n) is 8.17. The number of hydrogen-bond donors (Lipinski definition) is 1. The van der Waals surface area contributed by atoms with Gasteiger partial charge in [0.1, 0.15) is 25.9 Å². The highest BCUT2D eigenvalue weighted by Crippen LogP contribution is 2.43. The van der Waals surface area contributed by atoms with E-state index < -0.39 is 38.6 Å². The van der Waals surface area contributed by atoms with E-state index in [9.17, 15) is 23.4 Å². The monoisotopic (exact) mass is 696 g/mol. The molecule has 0 spiro atoms. The molecule has 0 saturated heterocycles. The molecule has 0 aromatic rings. The Morgan fingerprint density at radius 2 is 1.11 bits per heavy atom. The van der Waals surface area contributed by atoms with Crippen molar-refractivity contribution in [3.8, 4) is 0 Å². The molecule has 0 fully saturated rings. The number of hydrogen-bond acceptors (Lipinski definition) is 7. The normalized spacial score (nSPS) is 14.4. The summed E-state index contributed by atoms with van der Waals surface area (Å²) in [5, 5.41) is 0. The van der Waals surface area contributed by atoms with Crippen molar-refractivity contribution in [2.45, 2.75) is 174 Å². The van der Waals surface area contributed by atoms with Crippen LogP contribution in [-0.4, -0.2) is 81.1 Å². The number of nitrogens with zero attached hydrogens (tertiary/aromatic N) is 1. The van der Waals surface area contributed by atoms with E-state index in [1.807, 2.05) is 21.1 Å². The lowest BCUT2D eigenvalue weighted by molar-refractivity contribution is -0.870. The number of likely N-dealkylation sites (N-methyl/N-ethyl adjacent to an activating group) is 1. The molecule has 0 saturated carbocycles. The van der Waals surface area contributed by atoms with Gasteiger partial charge in [0.25, 0.3) is 0 Å². The zero-order chi connectivity index (χ0) is 35.2. The van der Waals surface area contributed by atoms with Crippen LogP contribution in [0.5, 0.6) is 0 Å². The van der Waals surface area contributed by atoms with Gasteiger partial charge in [0.2, 0.25) is 0 Å². The van der Waals surface area contributed by atoms with Gasteiger partial charge in [-0.3, -0.25) is 18.6 Å². The van der Waals surface area contributed by atoms with E-state index >= 15 is 0 Å². The van der Waals surface area contributed by atoms with Gasteiger partial charge in [-0.1, -0.05) is 123 Å². The second-order valence-corrected chi connectivity index (χ2v) is 15.5. The van der Waals surface area contributed by atoms with E-state index in [4.69, 9.17) is 18.5 Å². The largest absolute Gasteiger partial charge is 0.472 e. The standard InChI is InChI=1S/C36H71FNO8P/c1-6-8-10-12-13-14-15-16-17-19-23-27-35(39)43-31-34(32-45-47(41,42)44-30-29-38(3,4)5)46-36(40)28-24-20-22-26-33(37)25-21-18-11-9-7-2/h33-34H,6-32H2,1-5H3/p+1/t33?,34-/m1/s1. The number of unbranched alkanes of at least 4 members (excludes halogenated alkanes) is 16. The molecule has 3 atom stereocenters. The molecule has 0 aromatic carbocycles. The Hall–Kier alpha value is -1.06. The summed E-state index contributed by atoms with van der Waals surface area (Å²) in [6.07, 6.45) is 20.1. The maximum absolute atomic E-state index is 14.1. The zero-order valence-corrected chi connectivity index (χ0v) is 31.7. The van der Waals surface area contributed by atoms with Crippen molar-refractivity contribution < 1.29 is 46.4 Å². The van der Waals surface area contributed by atoms with E-state index in [-0.39, 0.29) is 26.1 Å². The lowest BCUT2D eigenvalue weighted by Crippen LogP contribution is -2.37. The first-order valence-electron chi connectivity index (χ1n) is 18.8. The Morgan fingerprint density at radius 3 is 1.62 bits per heavy atom. The Morgan fingerprint density at radius 1 is 0.660 bits per heavy atom. The number of esters is 2. The molecule has 0 aliphatic rings. The van der Waals surface area contributed by atoms with Gasteiger partial charge in [0.05, 0.1) is 27.7 Å². The molecular weight excluding hydrogens is 624 g/mol. The van der Waals surface area contributed by atoms with Crippen molar-refractivity contribution in [1.82, 2.24) is 0 Å². The van der Waals surface area contributed by atoms with Crippen molar-refractivity contribution in [3.05, 3.63) is 0 Å². The average molecular weight is 697 g/mol. The fourth-order valence-corrected chi connectivity index (χ4v) is 5.86. The molecule has 0 bridgehead atoms. The summed E-state index contributed by atoms with van der Waals surface area (Å²) in [5.74, 6) is -0.925. The van der Waals surface area contributed by atoms with Crippen molar-refractivity contribution in [2.24, 2.45) is 0 Å². The second kappa shape index (κ2) is 29.8. The molecule has 0 aliphatic carbocycles. The first-order chi connectivity index (χ1) is 22.4. The number of quaternary nitrogens is 1. The van der Waals surface area contributed by atoms with Crippen LogP contribution in [0.25, 0.3) is 0 Å². The van der Waals surface area contributed by atoms with Crippen molar-refractivity contribution in [3.63, 3.8) is 0 Å². The lowest BCUT2D eigenvalue weighted by Gasteiger charge is -2.24. The maximum atomic E-state index is 14.1. The fraction of sp³-hybridized carbons (Fsp3) is 0.944. The molecule has 1 N–H and O–H groups in total. The van der Waals surface area contributed by atoms with Crippen LogP contribution in [0.2, 0.25) is 0 Å². The van der Waals surface area contributed by atoms with E-state index in [2.05, 4.69) is 13.8 Å². The molecule has 0 aromatic heterocycles. The van der Waals surface area contributed by atoms with Gasteiger partial charge in [0.15, 0.2) is 6.10 Å². The smallest absolute Gasteiger partial charge is 0.462 e. The van der Waals surface area contributed by atoms with Crippen LogP contribution in [0, 0.1) is 0 Å². The number of phosphoric acid groups is 1. The summed E-state index contributed by atoms with van der Waals surface area (Å²) in [6.45, 7) is 4.17. The molecule has 0 rings (SSSR count). The minimum absolute atomic E-state index is 0.00821. The molecule has 11 heteroatoms.